The zero-order chi connectivity index (χ0) is 14.8. The maximum Gasteiger partial charge on any atom is 0.337 e. The standard InChI is InChI=1S/C16H16N2O3/c19-15(20)13-7-11-3-1-2-4-12(11)8-14(13)18-16(21)17-9-10-5-6-10/h1-4,7-8,10H,5-6,9H2,(H,19,20)(H2,17,18,21). The minimum Gasteiger partial charge on any atom is -0.478 e. The van der Waals surface area contributed by atoms with Gasteiger partial charge in [-0.25, -0.2) is 9.59 Å². The Hall–Kier alpha value is -2.56. The molecule has 1 fully saturated rings. The molecule has 0 spiro atoms. The van der Waals surface area contributed by atoms with Crippen molar-refractivity contribution in [3.63, 3.8) is 0 Å². The fourth-order valence-corrected chi connectivity index (χ4v) is 2.25. The molecule has 3 rings (SSSR count). The number of amides is 2. The third-order valence-electron chi connectivity index (χ3n) is 3.61. The maximum atomic E-state index is 11.8. The zero-order valence-electron chi connectivity index (χ0n) is 11.4. The summed E-state index contributed by atoms with van der Waals surface area (Å²) in [5.41, 5.74) is 0.407. The third-order valence-corrected chi connectivity index (χ3v) is 3.61. The number of hydrogen-bond acceptors (Lipinski definition) is 2. The van der Waals surface area contributed by atoms with Crippen LogP contribution in [0.25, 0.3) is 10.8 Å². The molecule has 0 atom stereocenters. The molecular formula is C16H16N2O3. The third kappa shape index (κ3) is 3.13. The highest BCUT2D eigenvalue weighted by atomic mass is 16.4. The maximum absolute atomic E-state index is 11.8. The number of nitrogens with one attached hydrogen (secondary N) is 2. The van der Waals surface area contributed by atoms with Crippen molar-refractivity contribution < 1.29 is 14.7 Å². The number of carboxylic acids is 1. The van der Waals surface area contributed by atoms with Gasteiger partial charge in [0.1, 0.15) is 0 Å². The van der Waals surface area contributed by atoms with E-state index in [0.29, 0.717) is 18.2 Å². The summed E-state index contributed by atoms with van der Waals surface area (Å²) >= 11 is 0. The van der Waals surface area contributed by atoms with Crippen LogP contribution >= 0.6 is 0 Å². The summed E-state index contributed by atoms with van der Waals surface area (Å²) in [4.78, 5) is 23.2. The van der Waals surface area contributed by atoms with Crippen LogP contribution in [0.3, 0.4) is 0 Å². The van der Waals surface area contributed by atoms with Crippen LogP contribution in [0.2, 0.25) is 0 Å². The molecular weight excluding hydrogens is 268 g/mol. The highest BCUT2D eigenvalue weighted by Gasteiger charge is 2.22. The molecule has 0 aliphatic heterocycles. The molecule has 1 aliphatic carbocycles. The number of urea groups is 1. The van der Waals surface area contributed by atoms with Gasteiger partial charge in [-0.15, -0.1) is 0 Å². The van der Waals surface area contributed by atoms with Gasteiger partial charge in [-0.3, -0.25) is 0 Å². The molecule has 108 valence electrons. The molecule has 0 saturated heterocycles. The largest absolute Gasteiger partial charge is 0.478 e. The number of hydrogen-bond donors (Lipinski definition) is 3. The van der Waals surface area contributed by atoms with Gasteiger partial charge < -0.3 is 15.7 Å². The average Bonchev–Trinajstić information content (AvgIpc) is 3.28. The number of aromatic carboxylic acids is 1. The Morgan fingerprint density at radius 3 is 2.43 bits per heavy atom. The van der Waals surface area contributed by atoms with E-state index >= 15 is 0 Å². The molecule has 2 amide bonds. The van der Waals surface area contributed by atoms with E-state index in [9.17, 15) is 14.7 Å². The molecule has 5 heteroatoms. The number of benzene rings is 2. The fourth-order valence-electron chi connectivity index (χ4n) is 2.25. The SMILES string of the molecule is O=C(NCC1CC1)Nc1cc2ccccc2cc1C(=O)O. The second-order valence-corrected chi connectivity index (χ2v) is 5.33. The Morgan fingerprint density at radius 1 is 1.14 bits per heavy atom. The van der Waals surface area contributed by atoms with E-state index in [2.05, 4.69) is 10.6 Å². The minimum atomic E-state index is -1.06. The molecule has 0 radical (unpaired) electrons. The van der Waals surface area contributed by atoms with Crippen LogP contribution in [-0.4, -0.2) is 23.7 Å². The number of carboxylic acid groups (broad SMARTS) is 1. The van der Waals surface area contributed by atoms with E-state index in [1.165, 1.54) is 0 Å². The monoisotopic (exact) mass is 284 g/mol. The summed E-state index contributed by atoms with van der Waals surface area (Å²) < 4.78 is 0. The second-order valence-electron chi connectivity index (χ2n) is 5.33. The summed E-state index contributed by atoms with van der Waals surface area (Å²) in [6.07, 6.45) is 2.30. The Balaban J connectivity index is 1.85. The Morgan fingerprint density at radius 2 is 1.81 bits per heavy atom. The van der Waals surface area contributed by atoms with Gasteiger partial charge in [-0.1, -0.05) is 24.3 Å². The number of carbonyl (C=O) groups is 2. The van der Waals surface area contributed by atoms with E-state index in [-0.39, 0.29) is 11.6 Å². The fraction of sp³-hybridized carbons (Fsp3) is 0.250. The van der Waals surface area contributed by atoms with Crippen LogP contribution < -0.4 is 10.6 Å². The van der Waals surface area contributed by atoms with E-state index in [1.807, 2.05) is 24.3 Å². The van der Waals surface area contributed by atoms with E-state index in [4.69, 9.17) is 0 Å². The van der Waals surface area contributed by atoms with Crippen molar-refractivity contribution in [3.05, 3.63) is 42.0 Å². The summed E-state index contributed by atoms with van der Waals surface area (Å²) in [7, 11) is 0. The van der Waals surface area contributed by atoms with E-state index in [1.54, 1.807) is 12.1 Å². The first kappa shape index (κ1) is 13.4. The predicted octanol–water partition coefficient (Wildman–Crippen LogP) is 3.07. The molecule has 0 heterocycles. The normalized spacial score (nSPS) is 13.9. The van der Waals surface area contributed by atoms with Gasteiger partial charge in [0.05, 0.1) is 11.3 Å². The number of fused-ring (bicyclic) bond motifs is 1. The molecule has 2 aromatic rings. The minimum absolute atomic E-state index is 0.0928. The summed E-state index contributed by atoms with van der Waals surface area (Å²) in [6, 6.07) is 10.4. The lowest BCUT2D eigenvalue weighted by Gasteiger charge is -2.11. The van der Waals surface area contributed by atoms with Crippen LogP contribution in [0.1, 0.15) is 23.2 Å². The first-order chi connectivity index (χ1) is 10.1. The lowest BCUT2D eigenvalue weighted by atomic mass is 10.0. The van der Waals surface area contributed by atoms with Crippen molar-refractivity contribution in [3.8, 4) is 0 Å². The van der Waals surface area contributed by atoms with Crippen LogP contribution in [-0.2, 0) is 0 Å². The molecule has 21 heavy (non-hydrogen) atoms. The molecule has 2 aromatic carbocycles. The van der Waals surface area contributed by atoms with Crippen LogP contribution in [0.4, 0.5) is 10.5 Å². The Bertz CT molecular complexity index is 708. The zero-order valence-corrected chi connectivity index (χ0v) is 11.4. The predicted molar refractivity (Wildman–Crippen MR) is 80.7 cm³/mol. The summed E-state index contributed by atoms with van der Waals surface area (Å²) in [5, 5.41) is 16.4. The molecule has 0 unspecified atom stereocenters. The summed E-state index contributed by atoms with van der Waals surface area (Å²) in [6.45, 7) is 0.641. The van der Waals surface area contributed by atoms with Gasteiger partial charge in [0.25, 0.3) is 0 Å². The molecule has 0 bridgehead atoms. The van der Waals surface area contributed by atoms with Gasteiger partial charge in [0.15, 0.2) is 0 Å². The van der Waals surface area contributed by atoms with Crippen molar-refractivity contribution in [1.29, 1.82) is 0 Å². The van der Waals surface area contributed by atoms with Gasteiger partial charge >= 0.3 is 12.0 Å². The summed E-state index contributed by atoms with van der Waals surface area (Å²) in [5.74, 6) is -0.482. The van der Waals surface area contributed by atoms with Gasteiger partial charge in [-0.2, -0.15) is 0 Å². The van der Waals surface area contributed by atoms with E-state index in [0.717, 1.165) is 23.6 Å². The highest BCUT2D eigenvalue weighted by molar-refractivity contribution is 6.04. The number of anilines is 1. The van der Waals surface area contributed by atoms with Crippen molar-refractivity contribution >= 4 is 28.5 Å². The average molecular weight is 284 g/mol. The molecule has 5 nitrogen and oxygen atoms in total. The molecule has 1 saturated carbocycles. The highest BCUT2D eigenvalue weighted by Crippen LogP contribution is 2.28. The van der Waals surface area contributed by atoms with Crippen molar-refractivity contribution in [1.82, 2.24) is 5.32 Å². The Labute approximate surface area is 122 Å². The van der Waals surface area contributed by atoms with Crippen LogP contribution in [0.15, 0.2) is 36.4 Å². The van der Waals surface area contributed by atoms with Gasteiger partial charge in [0, 0.05) is 6.54 Å². The van der Waals surface area contributed by atoms with E-state index < -0.39 is 5.97 Å². The quantitative estimate of drug-likeness (QED) is 0.807. The second kappa shape index (κ2) is 5.44. The number of rotatable bonds is 4. The van der Waals surface area contributed by atoms with Gasteiger partial charge in [0.2, 0.25) is 0 Å². The Kier molecular flexibility index (Phi) is 3.48. The molecule has 3 N–H and O–H groups in total. The topological polar surface area (TPSA) is 78.4 Å². The van der Waals surface area contributed by atoms with Gasteiger partial charge in [-0.05, 0) is 41.7 Å². The van der Waals surface area contributed by atoms with Crippen molar-refractivity contribution in [2.45, 2.75) is 12.8 Å². The van der Waals surface area contributed by atoms with Crippen molar-refractivity contribution in [2.24, 2.45) is 5.92 Å². The lowest BCUT2D eigenvalue weighted by molar-refractivity contribution is 0.0698. The van der Waals surface area contributed by atoms with Crippen LogP contribution in [0.5, 0.6) is 0 Å². The lowest BCUT2D eigenvalue weighted by Crippen LogP contribution is -2.31. The van der Waals surface area contributed by atoms with Crippen molar-refractivity contribution in [2.75, 3.05) is 11.9 Å². The molecule has 1 aliphatic rings. The number of carbonyl (C=O) groups excluding carboxylic acids is 1. The smallest absolute Gasteiger partial charge is 0.337 e. The first-order valence-electron chi connectivity index (χ1n) is 6.94. The van der Waals surface area contributed by atoms with Crippen LogP contribution in [0, 0.1) is 5.92 Å². The first-order valence-corrected chi connectivity index (χ1v) is 6.94. The molecule has 0 aromatic heterocycles.